The lowest BCUT2D eigenvalue weighted by molar-refractivity contribution is -0.115. The summed E-state index contributed by atoms with van der Waals surface area (Å²) in [6.07, 6.45) is 1.71. The molecule has 2 aromatic carbocycles. The van der Waals surface area contributed by atoms with E-state index in [2.05, 4.69) is 10.6 Å². The van der Waals surface area contributed by atoms with Gasteiger partial charge in [-0.15, -0.1) is 0 Å². The van der Waals surface area contributed by atoms with Gasteiger partial charge < -0.3 is 15.4 Å². The maximum absolute atomic E-state index is 13.9. The second kappa shape index (κ2) is 8.97. The molecule has 0 aliphatic carbocycles. The summed E-state index contributed by atoms with van der Waals surface area (Å²) in [6, 6.07) is 10.9. The van der Waals surface area contributed by atoms with Crippen molar-refractivity contribution in [3.63, 3.8) is 0 Å². The van der Waals surface area contributed by atoms with Crippen molar-refractivity contribution >= 4 is 29.1 Å². The van der Waals surface area contributed by atoms with Crippen LogP contribution in [0.3, 0.4) is 0 Å². The summed E-state index contributed by atoms with van der Waals surface area (Å²) in [5.74, 6) is -1.30. The summed E-state index contributed by atoms with van der Waals surface area (Å²) in [6.45, 7) is 1.14. The Morgan fingerprint density at radius 2 is 2.00 bits per heavy atom. The number of halogens is 2. The largest absolute Gasteiger partial charge is 0.376 e. The molecule has 1 aliphatic heterocycles. The Morgan fingerprint density at radius 1 is 1.19 bits per heavy atom. The van der Waals surface area contributed by atoms with Crippen LogP contribution in [0, 0.1) is 5.82 Å². The topological polar surface area (TPSA) is 67.4 Å². The summed E-state index contributed by atoms with van der Waals surface area (Å²) < 4.78 is 19.4. The molecule has 0 unspecified atom stereocenters. The average molecular weight is 391 g/mol. The molecule has 0 aromatic heterocycles. The third kappa shape index (κ3) is 5.05. The van der Waals surface area contributed by atoms with Crippen LogP contribution in [-0.4, -0.2) is 31.1 Å². The van der Waals surface area contributed by atoms with E-state index >= 15 is 0 Å². The molecule has 7 heteroatoms. The van der Waals surface area contributed by atoms with Gasteiger partial charge in [-0.1, -0.05) is 29.8 Å². The van der Waals surface area contributed by atoms with E-state index in [1.54, 1.807) is 24.3 Å². The SMILES string of the molecule is O=C(Cc1c(F)cccc1Cl)Nc1ccccc1C(=O)NC[C@@H]1CCCO1. The molecular formula is C20H20ClFN2O3. The van der Waals surface area contributed by atoms with E-state index in [0.717, 1.165) is 12.8 Å². The zero-order chi connectivity index (χ0) is 19.2. The molecule has 3 rings (SSSR count). The Hall–Kier alpha value is -2.44. The van der Waals surface area contributed by atoms with Crippen LogP contribution in [0.5, 0.6) is 0 Å². The summed E-state index contributed by atoms with van der Waals surface area (Å²) in [5, 5.41) is 5.68. The van der Waals surface area contributed by atoms with Gasteiger partial charge in [-0.25, -0.2) is 4.39 Å². The molecule has 0 saturated carbocycles. The zero-order valence-electron chi connectivity index (χ0n) is 14.6. The molecule has 2 aromatic rings. The monoisotopic (exact) mass is 390 g/mol. The third-order valence-corrected chi connectivity index (χ3v) is 4.71. The number of nitrogens with one attached hydrogen (secondary N) is 2. The second-order valence-electron chi connectivity index (χ2n) is 6.32. The van der Waals surface area contributed by atoms with Crippen LogP contribution in [-0.2, 0) is 16.0 Å². The van der Waals surface area contributed by atoms with Crippen LogP contribution in [0.1, 0.15) is 28.8 Å². The van der Waals surface area contributed by atoms with Gasteiger partial charge in [0.1, 0.15) is 5.82 Å². The molecule has 27 heavy (non-hydrogen) atoms. The fourth-order valence-corrected chi connectivity index (χ4v) is 3.18. The molecule has 5 nitrogen and oxygen atoms in total. The number of hydrogen-bond acceptors (Lipinski definition) is 3. The first-order chi connectivity index (χ1) is 13.0. The molecule has 1 saturated heterocycles. The second-order valence-corrected chi connectivity index (χ2v) is 6.72. The number of para-hydroxylation sites is 1. The van der Waals surface area contributed by atoms with Crippen molar-refractivity contribution in [2.45, 2.75) is 25.4 Å². The van der Waals surface area contributed by atoms with Crippen LogP contribution in [0.15, 0.2) is 42.5 Å². The fourth-order valence-electron chi connectivity index (χ4n) is 2.95. The fraction of sp³-hybridized carbons (Fsp3) is 0.300. The summed E-state index contributed by atoms with van der Waals surface area (Å²) >= 11 is 5.97. The minimum atomic E-state index is -0.541. The molecule has 2 N–H and O–H groups in total. The van der Waals surface area contributed by atoms with Crippen LogP contribution in [0.2, 0.25) is 5.02 Å². The number of hydrogen-bond donors (Lipinski definition) is 2. The lowest BCUT2D eigenvalue weighted by atomic mass is 10.1. The van der Waals surface area contributed by atoms with E-state index in [9.17, 15) is 14.0 Å². The van der Waals surface area contributed by atoms with Crippen LogP contribution in [0.25, 0.3) is 0 Å². The van der Waals surface area contributed by atoms with Crippen molar-refractivity contribution in [2.75, 3.05) is 18.5 Å². The molecule has 142 valence electrons. The van der Waals surface area contributed by atoms with E-state index < -0.39 is 11.7 Å². The van der Waals surface area contributed by atoms with E-state index in [1.165, 1.54) is 18.2 Å². The number of rotatable bonds is 6. The molecule has 2 amide bonds. The predicted octanol–water partition coefficient (Wildman–Crippen LogP) is 3.57. The van der Waals surface area contributed by atoms with Gasteiger partial charge in [0.25, 0.3) is 5.91 Å². The Kier molecular flexibility index (Phi) is 6.42. The minimum Gasteiger partial charge on any atom is -0.376 e. The molecule has 1 atom stereocenters. The molecule has 1 heterocycles. The Labute approximate surface area is 161 Å². The molecule has 0 bridgehead atoms. The zero-order valence-corrected chi connectivity index (χ0v) is 15.4. The van der Waals surface area contributed by atoms with Crippen molar-refractivity contribution < 1.29 is 18.7 Å². The standard InChI is InChI=1S/C20H20ClFN2O3/c21-16-7-3-8-17(22)15(16)11-19(25)24-18-9-2-1-6-14(18)20(26)23-12-13-5-4-10-27-13/h1-3,6-9,13H,4-5,10-12H2,(H,23,26)(H,24,25)/t13-/m0/s1. The van der Waals surface area contributed by atoms with E-state index in [0.29, 0.717) is 24.4 Å². The summed E-state index contributed by atoms with van der Waals surface area (Å²) in [5.41, 5.74) is 0.820. The highest BCUT2D eigenvalue weighted by atomic mass is 35.5. The highest BCUT2D eigenvalue weighted by Crippen LogP contribution is 2.21. The maximum atomic E-state index is 13.9. The highest BCUT2D eigenvalue weighted by Gasteiger charge is 2.19. The van der Waals surface area contributed by atoms with Crippen LogP contribution >= 0.6 is 11.6 Å². The van der Waals surface area contributed by atoms with Gasteiger partial charge in [0.15, 0.2) is 0 Å². The number of ether oxygens (including phenoxy) is 1. The first kappa shape index (κ1) is 19.3. The summed E-state index contributed by atoms with van der Waals surface area (Å²) in [7, 11) is 0. The van der Waals surface area contributed by atoms with E-state index in [-0.39, 0.29) is 29.0 Å². The number of carbonyl (C=O) groups excluding carboxylic acids is 2. The quantitative estimate of drug-likeness (QED) is 0.792. The van der Waals surface area contributed by atoms with E-state index in [4.69, 9.17) is 16.3 Å². The van der Waals surface area contributed by atoms with Gasteiger partial charge in [-0.2, -0.15) is 0 Å². The Morgan fingerprint density at radius 3 is 2.74 bits per heavy atom. The van der Waals surface area contributed by atoms with Crippen molar-refractivity contribution in [1.29, 1.82) is 0 Å². The van der Waals surface area contributed by atoms with Gasteiger partial charge in [0.2, 0.25) is 5.91 Å². The third-order valence-electron chi connectivity index (χ3n) is 4.36. The predicted molar refractivity (Wildman–Crippen MR) is 101 cm³/mol. The van der Waals surface area contributed by atoms with Gasteiger partial charge in [-0.05, 0) is 37.1 Å². The Bertz CT molecular complexity index is 817. The van der Waals surface area contributed by atoms with E-state index in [1.807, 2.05) is 0 Å². The van der Waals surface area contributed by atoms with Crippen molar-refractivity contribution in [2.24, 2.45) is 0 Å². The van der Waals surface area contributed by atoms with Crippen molar-refractivity contribution in [1.82, 2.24) is 5.32 Å². The molecule has 1 fully saturated rings. The average Bonchev–Trinajstić information content (AvgIpc) is 3.17. The first-order valence-electron chi connectivity index (χ1n) is 8.76. The minimum absolute atomic E-state index is 0.0268. The number of anilines is 1. The van der Waals surface area contributed by atoms with Crippen LogP contribution in [0.4, 0.5) is 10.1 Å². The molecular weight excluding hydrogens is 371 g/mol. The normalized spacial score (nSPS) is 16.1. The smallest absolute Gasteiger partial charge is 0.253 e. The lowest BCUT2D eigenvalue weighted by Gasteiger charge is -2.14. The van der Waals surface area contributed by atoms with Crippen molar-refractivity contribution in [3.8, 4) is 0 Å². The molecule has 1 aliphatic rings. The summed E-state index contributed by atoms with van der Waals surface area (Å²) in [4.78, 5) is 24.8. The van der Waals surface area contributed by atoms with Crippen LogP contribution < -0.4 is 10.6 Å². The van der Waals surface area contributed by atoms with Gasteiger partial charge >= 0.3 is 0 Å². The number of carbonyl (C=O) groups is 2. The number of amides is 2. The lowest BCUT2D eigenvalue weighted by Crippen LogP contribution is -2.32. The van der Waals surface area contributed by atoms with Gasteiger partial charge in [-0.3, -0.25) is 9.59 Å². The van der Waals surface area contributed by atoms with Gasteiger partial charge in [0.05, 0.1) is 23.8 Å². The van der Waals surface area contributed by atoms with Gasteiger partial charge in [0, 0.05) is 23.7 Å². The molecule has 0 spiro atoms. The van der Waals surface area contributed by atoms with Crippen molar-refractivity contribution in [3.05, 3.63) is 64.4 Å². The first-order valence-corrected chi connectivity index (χ1v) is 9.14. The maximum Gasteiger partial charge on any atom is 0.253 e. The Balaban J connectivity index is 1.66. The molecule has 0 radical (unpaired) electrons. The number of benzene rings is 2. The highest BCUT2D eigenvalue weighted by molar-refractivity contribution is 6.31.